The molecule has 1 aliphatic rings. The van der Waals surface area contributed by atoms with Crippen LogP contribution in [0.4, 0.5) is 0 Å². The van der Waals surface area contributed by atoms with Crippen LogP contribution in [0, 0.1) is 0 Å². The topological polar surface area (TPSA) is 20.2 Å². The molecule has 1 unspecified atom stereocenters. The summed E-state index contributed by atoms with van der Waals surface area (Å²) in [6.45, 7) is 2.25. The van der Waals surface area contributed by atoms with E-state index >= 15 is 0 Å². The van der Waals surface area contributed by atoms with Gasteiger partial charge in [-0.05, 0) is 47.6 Å². The fraction of sp³-hybridized carbons (Fsp3) is 0.400. The molecule has 0 heterocycles. The van der Waals surface area contributed by atoms with Gasteiger partial charge >= 0.3 is 0 Å². The summed E-state index contributed by atoms with van der Waals surface area (Å²) in [7, 11) is 0. The average molecular weight is 280 g/mol. The molecule has 1 heteroatoms. The first kappa shape index (κ1) is 14.2. The Balaban J connectivity index is 1.98. The summed E-state index contributed by atoms with van der Waals surface area (Å²) < 4.78 is 0. The second-order valence-corrected chi connectivity index (χ2v) is 6.28. The van der Waals surface area contributed by atoms with Crippen molar-refractivity contribution in [2.24, 2.45) is 0 Å². The summed E-state index contributed by atoms with van der Waals surface area (Å²) in [4.78, 5) is 0. The van der Waals surface area contributed by atoms with Crippen LogP contribution < -0.4 is 0 Å². The van der Waals surface area contributed by atoms with Gasteiger partial charge < -0.3 is 5.11 Å². The number of hydrogen-bond donors (Lipinski definition) is 1. The Morgan fingerprint density at radius 1 is 0.952 bits per heavy atom. The van der Waals surface area contributed by atoms with Gasteiger partial charge in [0.2, 0.25) is 0 Å². The molecule has 2 aromatic rings. The van der Waals surface area contributed by atoms with E-state index in [0.717, 1.165) is 0 Å². The highest BCUT2D eigenvalue weighted by atomic mass is 16.3. The number of aromatic hydroxyl groups is 1. The molecule has 1 atom stereocenters. The van der Waals surface area contributed by atoms with Crippen molar-refractivity contribution in [2.75, 3.05) is 0 Å². The number of hydrogen-bond acceptors (Lipinski definition) is 1. The van der Waals surface area contributed by atoms with E-state index in [4.69, 9.17) is 0 Å². The zero-order valence-corrected chi connectivity index (χ0v) is 12.8. The largest absolute Gasteiger partial charge is 0.508 e. The molecule has 0 amide bonds. The summed E-state index contributed by atoms with van der Waals surface area (Å²) in [5, 5.41) is 9.93. The smallest absolute Gasteiger partial charge is 0.115 e. The summed E-state index contributed by atoms with van der Waals surface area (Å²) in [5.74, 6) is 1.38. The maximum Gasteiger partial charge on any atom is 0.115 e. The normalized spacial score (nSPS) is 17.6. The highest BCUT2D eigenvalue weighted by molar-refractivity contribution is 5.43. The van der Waals surface area contributed by atoms with E-state index in [9.17, 15) is 5.11 Å². The summed E-state index contributed by atoms with van der Waals surface area (Å²) >= 11 is 0. The van der Waals surface area contributed by atoms with Crippen LogP contribution in [-0.2, 0) is 0 Å². The second-order valence-electron chi connectivity index (χ2n) is 6.28. The molecule has 1 aliphatic carbocycles. The Morgan fingerprint density at radius 2 is 1.67 bits per heavy atom. The molecule has 0 bridgehead atoms. The van der Waals surface area contributed by atoms with Crippen LogP contribution in [0.5, 0.6) is 5.75 Å². The van der Waals surface area contributed by atoms with E-state index in [1.807, 2.05) is 12.1 Å². The Hall–Kier alpha value is -1.76. The Bertz CT molecular complexity index is 582. The minimum absolute atomic E-state index is 0.329. The van der Waals surface area contributed by atoms with Gasteiger partial charge in [0, 0.05) is 5.92 Å². The molecule has 110 valence electrons. The molecule has 0 aliphatic heterocycles. The van der Waals surface area contributed by atoms with E-state index in [1.54, 1.807) is 0 Å². The third kappa shape index (κ3) is 3.12. The number of benzene rings is 2. The maximum absolute atomic E-state index is 9.93. The fourth-order valence-corrected chi connectivity index (χ4v) is 3.64. The van der Waals surface area contributed by atoms with Crippen molar-refractivity contribution in [2.45, 2.75) is 50.9 Å². The molecule has 0 spiro atoms. The van der Waals surface area contributed by atoms with Gasteiger partial charge in [-0.15, -0.1) is 0 Å². The molecule has 3 rings (SSSR count). The number of phenolic OH excluding ortho intramolecular Hbond substituents is 1. The van der Waals surface area contributed by atoms with Gasteiger partial charge in [0.15, 0.2) is 0 Å². The molecular formula is C20H24O. The molecule has 1 saturated carbocycles. The maximum atomic E-state index is 9.93. The van der Waals surface area contributed by atoms with E-state index in [1.165, 1.54) is 48.8 Å². The van der Waals surface area contributed by atoms with Gasteiger partial charge in [0.05, 0.1) is 0 Å². The molecule has 1 fully saturated rings. The van der Waals surface area contributed by atoms with Crippen molar-refractivity contribution in [3.8, 4) is 5.75 Å². The van der Waals surface area contributed by atoms with Gasteiger partial charge in [-0.3, -0.25) is 0 Å². The quantitative estimate of drug-likeness (QED) is 0.776. The van der Waals surface area contributed by atoms with E-state index < -0.39 is 0 Å². The molecule has 0 saturated heterocycles. The zero-order valence-electron chi connectivity index (χ0n) is 12.8. The van der Waals surface area contributed by atoms with Crippen molar-refractivity contribution >= 4 is 0 Å². The molecule has 0 aromatic heterocycles. The second kappa shape index (κ2) is 6.34. The Kier molecular flexibility index (Phi) is 4.28. The third-order valence-corrected chi connectivity index (χ3v) is 4.88. The van der Waals surface area contributed by atoms with Crippen LogP contribution in [0.25, 0.3) is 0 Å². The minimum Gasteiger partial charge on any atom is -0.508 e. The molecule has 2 aromatic carbocycles. The summed E-state index contributed by atoms with van der Waals surface area (Å²) in [6.07, 6.45) is 6.63. The van der Waals surface area contributed by atoms with E-state index in [2.05, 4.69) is 43.3 Å². The van der Waals surface area contributed by atoms with Crippen LogP contribution >= 0.6 is 0 Å². The van der Waals surface area contributed by atoms with Gasteiger partial charge in [-0.25, -0.2) is 0 Å². The van der Waals surface area contributed by atoms with Crippen LogP contribution in [0.15, 0.2) is 48.5 Å². The minimum atomic E-state index is 0.329. The molecule has 21 heavy (non-hydrogen) atoms. The first-order valence-corrected chi connectivity index (χ1v) is 8.13. The summed E-state index contributed by atoms with van der Waals surface area (Å²) in [6, 6.07) is 16.6. The number of phenols is 1. The van der Waals surface area contributed by atoms with Crippen LogP contribution in [0.2, 0.25) is 0 Å². The molecular weight excluding hydrogens is 256 g/mol. The van der Waals surface area contributed by atoms with E-state index in [-0.39, 0.29) is 0 Å². The van der Waals surface area contributed by atoms with Crippen molar-refractivity contribution in [1.82, 2.24) is 0 Å². The Morgan fingerprint density at radius 3 is 2.38 bits per heavy atom. The predicted molar refractivity (Wildman–Crippen MR) is 87.9 cm³/mol. The summed E-state index contributed by atoms with van der Waals surface area (Å²) in [5.41, 5.74) is 4.07. The van der Waals surface area contributed by atoms with Gasteiger partial charge in [-0.1, -0.05) is 62.6 Å². The molecule has 1 nitrogen and oxygen atoms in total. The number of rotatable bonds is 3. The lowest BCUT2D eigenvalue weighted by molar-refractivity contribution is 0.438. The SMILES string of the molecule is CC(c1ccccc1)c1cc(O)ccc1C1CCCCC1. The van der Waals surface area contributed by atoms with Crippen molar-refractivity contribution in [3.05, 3.63) is 65.2 Å². The first-order valence-electron chi connectivity index (χ1n) is 8.13. The average Bonchev–Trinajstić information content (AvgIpc) is 2.56. The van der Waals surface area contributed by atoms with Crippen LogP contribution in [0.1, 0.15) is 67.6 Å². The fourth-order valence-electron chi connectivity index (χ4n) is 3.64. The van der Waals surface area contributed by atoms with Crippen molar-refractivity contribution in [1.29, 1.82) is 0 Å². The zero-order chi connectivity index (χ0) is 14.7. The molecule has 1 N–H and O–H groups in total. The van der Waals surface area contributed by atoms with Crippen molar-refractivity contribution < 1.29 is 5.11 Å². The highest BCUT2D eigenvalue weighted by Gasteiger charge is 2.21. The van der Waals surface area contributed by atoms with E-state index in [0.29, 0.717) is 17.6 Å². The predicted octanol–water partition coefficient (Wildman–Crippen LogP) is 5.59. The lowest BCUT2D eigenvalue weighted by Gasteiger charge is -2.27. The lowest BCUT2D eigenvalue weighted by Crippen LogP contribution is -2.09. The van der Waals surface area contributed by atoms with Gasteiger partial charge in [-0.2, -0.15) is 0 Å². The first-order chi connectivity index (χ1) is 10.3. The monoisotopic (exact) mass is 280 g/mol. The lowest BCUT2D eigenvalue weighted by atomic mass is 9.78. The molecule has 0 radical (unpaired) electrons. The van der Waals surface area contributed by atoms with Crippen LogP contribution in [0.3, 0.4) is 0 Å². The Labute approximate surface area is 127 Å². The third-order valence-electron chi connectivity index (χ3n) is 4.88. The van der Waals surface area contributed by atoms with Crippen LogP contribution in [-0.4, -0.2) is 5.11 Å². The van der Waals surface area contributed by atoms with Crippen molar-refractivity contribution in [3.63, 3.8) is 0 Å². The van der Waals surface area contributed by atoms with Gasteiger partial charge in [0.1, 0.15) is 5.75 Å². The highest BCUT2D eigenvalue weighted by Crippen LogP contribution is 2.39. The standard InChI is InChI=1S/C20H24O/c1-15(16-8-4-2-5-9-16)20-14-18(21)12-13-19(20)17-10-6-3-7-11-17/h2,4-5,8-9,12-15,17,21H,3,6-7,10-11H2,1H3. The van der Waals surface area contributed by atoms with Gasteiger partial charge in [0.25, 0.3) is 0 Å².